The van der Waals surface area contributed by atoms with Crippen molar-refractivity contribution in [2.45, 2.75) is 32.1 Å². The van der Waals surface area contributed by atoms with Gasteiger partial charge in [0, 0.05) is 5.69 Å². The standard InChI is InChI=1S/C20H21NO4/c22-19(21-17-8-5-14(6-9-17)11-20(23)24)13-25-18-10-7-15-3-1-2-4-16(15)12-18/h5-10,12H,1-4,11,13H2,(H,21,22)(H,23,24). The van der Waals surface area contributed by atoms with E-state index in [1.54, 1.807) is 24.3 Å². The van der Waals surface area contributed by atoms with Gasteiger partial charge in [-0.1, -0.05) is 18.2 Å². The Kier molecular flexibility index (Phi) is 5.33. The molecule has 0 aromatic heterocycles. The highest BCUT2D eigenvalue weighted by molar-refractivity contribution is 5.91. The molecule has 2 aromatic carbocycles. The Morgan fingerprint density at radius 2 is 1.72 bits per heavy atom. The van der Waals surface area contributed by atoms with Crippen LogP contribution in [0.3, 0.4) is 0 Å². The van der Waals surface area contributed by atoms with Gasteiger partial charge < -0.3 is 15.2 Å². The maximum atomic E-state index is 12.0. The normalized spacial score (nSPS) is 13.0. The number of fused-ring (bicyclic) bond motifs is 1. The van der Waals surface area contributed by atoms with Crippen molar-refractivity contribution in [2.75, 3.05) is 11.9 Å². The van der Waals surface area contributed by atoms with Crippen LogP contribution in [0.15, 0.2) is 42.5 Å². The number of carboxylic acid groups (broad SMARTS) is 1. The lowest BCUT2D eigenvalue weighted by molar-refractivity contribution is -0.136. The van der Waals surface area contributed by atoms with Gasteiger partial charge in [-0.15, -0.1) is 0 Å². The van der Waals surface area contributed by atoms with Crippen molar-refractivity contribution in [3.63, 3.8) is 0 Å². The van der Waals surface area contributed by atoms with Crippen molar-refractivity contribution < 1.29 is 19.4 Å². The number of hydrogen-bond acceptors (Lipinski definition) is 3. The number of carbonyl (C=O) groups is 2. The van der Waals surface area contributed by atoms with E-state index in [2.05, 4.69) is 11.4 Å². The van der Waals surface area contributed by atoms with Gasteiger partial charge in [0.15, 0.2) is 6.61 Å². The Labute approximate surface area is 146 Å². The summed E-state index contributed by atoms with van der Waals surface area (Å²) in [6.45, 7) is -0.0599. The molecule has 5 nitrogen and oxygen atoms in total. The van der Waals surface area contributed by atoms with Crippen molar-refractivity contribution in [3.8, 4) is 5.75 Å². The van der Waals surface area contributed by atoms with Crippen LogP contribution in [0.5, 0.6) is 5.75 Å². The lowest BCUT2D eigenvalue weighted by Crippen LogP contribution is -2.20. The van der Waals surface area contributed by atoms with Crippen LogP contribution >= 0.6 is 0 Å². The first kappa shape index (κ1) is 17.0. The van der Waals surface area contributed by atoms with E-state index in [4.69, 9.17) is 9.84 Å². The molecule has 3 rings (SSSR count). The summed E-state index contributed by atoms with van der Waals surface area (Å²) in [7, 11) is 0. The van der Waals surface area contributed by atoms with Crippen LogP contribution < -0.4 is 10.1 Å². The molecule has 0 heterocycles. The number of carbonyl (C=O) groups excluding carboxylic acids is 1. The zero-order chi connectivity index (χ0) is 17.6. The Bertz CT molecular complexity index is 768. The number of amides is 1. The van der Waals surface area contributed by atoms with Crippen molar-refractivity contribution in [1.29, 1.82) is 0 Å². The van der Waals surface area contributed by atoms with Crippen molar-refractivity contribution >= 4 is 17.6 Å². The van der Waals surface area contributed by atoms with Gasteiger partial charge in [-0.3, -0.25) is 9.59 Å². The van der Waals surface area contributed by atoms with Gasteiger partial charge in [0.1, 0.15) is 5.75 Å². The fourth-order valence-electron chi connectivity index (χ4n) is 3.03. The molecule has 1 aliphatic carbocycles. The summed E-state index contributed by atoms with van der Waals surface area (Å²) in [5.74, 6) is -0.411. The summed E-state index contributed by atoms with van der Waals surface area (Å²) >= 11 is 0. The van der Waals surface area contributed by atoms with Gasteiger partial charge in [-0.25, -0.2) is 0 Å². The number of ether oxygens (including phenoxy) is 1. The summed E-state index contributed by atoms with van der Waals surface area (Å²) in [5, 5.41) is 11.5. The first-order valence-corrected chi connectivity index (χ1v) is 8.45. The molecule has 0 aliphatic heterocycles. The molecular weight excluding hydrogens is 318 g/mol. The molecule has 130 valence electrons. The Morgan fingerprint density at radius 1 is 1.00 bits per heavy atom. The van der Waals surface area contributed by atoms with Crippen LogP contribution in [0, 0.1) is 0 Å². The van der Waals surface area contributed by atoms with E-state index in [0.29, 0.717) is 17.0 Å². The Hall–Kier alpha value is -2.82. The van der Waals surface area contributed by atoms with Crippen LogP contribution in [0.4, 0.5) is 5.69 Å². The number of aliphatic carboxylic acids is 1. The van der Waals surface area contributed by atoms with Gasteiger partial charge >= 0.3 is 5.97 Å². The largest absolute Gasteiger partial charge is 0.484 e. The summed E-state index contributed by atoms with van der Waals surface area (Å²) in [4.78, 5) is 22.7. The predicted octanol–water partition coefficient (Wildman–Crippen LogP) is 3.21. The minimum atomic E-state index is -0.879. The van der Waals surface area contributed by atoms with Crippen LogP contribution in [-0.2, 0) is 28.9 Å². The molecule has 5 heteroatoms. The number of rotatable bonds is 6. The smallest absolute Gasteiger partial charge is 0.307 e. The summed E-state index contributed by atoms with van der Waals surface area (Å²) < 4.78 is 5.59. The number of anilines is 1. The highest BCUT2D eigenvalue weighted by atomic mass is 16.5. The fourth-order valence-corrected chi connectivity index (χ4v) is 3.03. The lowest BCUT2D eigenvalue weighted by Gasteiger charge is -2.16. The molecule has 0 spiro atoms. The Morgan fingerprint density at radius 3 is 2.44 bits per heavy atom. The van der Waals surface area contributed by atoms with Gasteiger partial charge in [0.25, 0.3) is 5.91 Å². The molecule has 25 heavy (non-hydrogen) atoms. The molecule has 0 atom stereocenters. The van der Waals surface area contributed by atoms with Crippen molar-refractivity contribution in [1.82, 2.24) is 0 Å². The van der Waals surface area contributed by atoms with E-state index >= 15 is 0 Å². The molecule has 1 amide bonds. The second-order valence-corrected chi connectivity index (χ2v) is 6.24. The molecule has 0 fully saturated rings. The summed E-state index contributed by atoms with van der Waals surface area (Å²) in [6.07, 6.45) is 4.60. The third kappa shape index (κ3) is 4.83. The number of benzene rings is 2. The average Bonchev–Trinajstić information content (AvgIpc) is 2.61. The summed E-state index contributed by atoms with van der Waals surface area (Å²) in [6, 6.07) is 12.8. The van der Waals surface area contributed by atoms with Crippen molar-refractivity contribution in [3.05, 3.63) is 59.2 Å². The van der Waals surface area contributed by atoms with Crippen LogP contribution in [0.25, 0.3) is 0 Å². The van der Waals surface area contributed by atoms with E-state index in [1.807, 2.05) is 12.1 Å². The van der Waals surface area contributed by atoms with E-state index in [-0.39, 0.29) is 18.9 Å². The molecule has 0 bridgehead atoms. The molecule has 0 saturated carbocycles. The lowest BCUT2D eigenvalue weighted by atomic mass is 9.92. The molecule has 2 aromatic rings. The molecule has 2 N–H and O–H groups in total. The quantitative estimate of drug-likeness (QED) is 0.847. The minimum Gasteiger partial charge on any atom is -0.484 e. The molecule has 0 saturated heterocycles. The molecule has 1 aliphatic rings. The first-order chi connectivity index (χ1) is 12.1. The van der Waals surface area contributed by atoms with E-state index < -0.39 is 5.97 Å². The highest BCUT2D eigenvalue weighted by Crippen LogP contribution is 2.25. The van der Waals surface area contributed by atoms with E-state index in [1.165, 1.54) is 24.0 Å². The number of hydrogen-bond donors (Lipinski definition) is 2. The van der Waals surface area contributed by atoms with Gasteiger partial charge in [-0.2, -0.15) is 0 Å². The average molecular weight is 339 g/mol. The van der Waals surface area contributed by atoms with Crippen LogP contribution in [0.1, 0.15) is 29.5 Å². The Balaban J connectivity index is 1.51. The monoisotopic (exact) mass is 339 g/mol. The minimum absolute atomic E-state index is 0.0321. The molecule has 0 radical (unpaired) electrons. The van der Waals surface area contributed by atoms with Crippen LogP contribution in [0.2, 0.25) is 0 Å². The first-order valence-electron chi connectivity index (χ1n) is 8.45. The topological polar surface area (TPSA) is 75.6 Å². The SMILES string of the molecule is O=C(O)Cc1ccc(NC(=O)COc2ccc3c(c2)CCCC3)cc1. The van der Waals surface area contributed by atoms with Crippen LogP contribution in [-0.4, -0.2) is 23.6 Å². The number of carboxylic acids is 1. The zero-order valence-electron chi connectivity index (χ0n) is 14.0. The number of nitrogens with one attached hydrogen (secondary N) is 1. The second-order valence-electron chi connectivity index (χ2n) is 6.24. The van der Waals surface area contributed by atoms with Crippen molar-refractivity contribution in [2.24, 2.45) is 0 Å². The van der Waals surface area contributed by atoms with Gasteiger partial charge in [-0.05, 0) is 66.6 Å². The third-order valence-electron chi connectivity index (χ3n) is 4.28. The highest BCUT2D eigenvalue weighted by Gasteiger charge is 2.11. The molecular formula is C20H21NO4. The second kappa shape index (κ2) is 7.83. The predicted molar refractivity (Wildman–Crippen MR) is 95.0 cm³/mol. The van der Waals surface area contributed by atoms with Gasteiger partial charge in [0.2, 0.25) is 0 Å². The van der Waals surface area contributed by atoms with Gasteiger partial charge in [0.05, 0.1) is 6.42 Å². The third-order valence-corrected chi connectivity index (χ3v) is 4.28. The zero-order valence-corrected chi connectivity index (χ0v) is 14.0. The summed E-state index contributed by atoms with van der Waals surface area (Å²) in [5.41, 5.74) is 4.01. The van der Waals surface area contributed by atoms with E-state index in [9.17, 15) is 9.59 Å². The van der Waals surface area contributed by atoms with E-state index in [0.717, 1.165) is 12.8 Å². The maximum absolute atomic E-state index is 12.0. The maximum Gasteiger partial charge on any atom is 0.307 e. The number of aryl methyl sites for hydroxylation is 2. The fraction of sp³-hybridized carbons (Fsp3) is 0.300. The molecule has 0 unspecified atom stereocenters.